The van der Waals surface area contributed by atoms with Gasteiger partial charge in [0.15, 0.2) is 11.5 Å². The van der Waals surface area contributed by atoms with Crippen LogP contribution in [-0.4, -0.2) is 85.2 Å². The molecule has 7 N–H and O–H groups in total. The molecule has 0 saturated heterocycles. The summed E-state index contributed by atoms with van der Waals surface area (Å²) < 4.78 is 16.6. The molecule has 1 rings (SSSR count). The van der Waals surface area contributed by atoms with E-state index in [0.717, 1.165) is 0 Å². The summed E-state index contributed by atoms with van der Waals surface area (Å²) in [6.07, 6.45) is 0.362. The molecule has 0 heterocycles. The predicted octanol–water partition coefficient (Wildman–Crippen LogP) is -2.22. The summed E-state index contributed by atoms with van der Waals surface area (Å²) in [6.45, 7) is -0.801. The molecule has 0 fully saturated rings. The number of nitrogens with one attached hydrogen (secondary N) is 1. The average Bonchev–Trinajstić information content (AvgIpc) is 2.69. The van der Waals surface area contributed by atoms with Crippen molar-refractivity contribution in [3.05, 3.63) is 17.7 Å². The topological polar surface area (TPSA) is 164 Å². The first-order valence-electron chi connectivity index (χ1n) is 8.60. The number of aliphatic hydroxyl groups is 4. The summed E-state index contributed by atoms with van der Waals surface area (Å²) in [5, 5.41) is 38.6. The minimum Gasteiger partial charge on any atom is -0.487 e. The lowest BCUT2D eigenvalue weighted by atomic mass is 10.1. The van der Waals surface area contributed by atoms with Crippen LogP contribution in [0.3, 0.4) is 0 Å². The average molecular weight is 388 g/mol. The first-order valence-corrected chi connectivity index (χ1v) is 8.60. The monoisotopic (exact) mass is 388 g/mol. The minimum atomic E-state index is -0.993. The number of ether oxygens (including phenoxy) is 3. The van der Waals surface area contributed by atoms with Crippen LogP contribution >= 0.6 is 0 Å². The highest BCUT2D eigenvalue weighted by Gasteiger charge is 2.19. The van der Waals surface area contributed by atoms with Gasteiger partial charge in [0.2, 0.25) is 11.7 Å². The van der Waals surface area contributed by atoms with E-state index in [1.54, 1.807) is 12.1 Å². The molecule has 0 saturated carbocycles. The molecule has 1 amide bonds. The lowest BCUT2D eigenvalue weighted by molar-refractivity contribution is -0.123. The van der Waals surface area contributed by atoms with Gasteiger partial charge in [-0.2, -0.15) is 0 Å². The second-order valence-electron chi connectivity index (χ2n) is 5.43. The van der Waals surface area contributed by atoms with Gasteiger partial charge in [0.05, 0.1) is 26.4 Å². The van der Waals surface area contributed by atoms with Gasteiger partial charge in [0.1, 0.15) is 25.9 Å². The maximum absolute atomic E-state index is 11.6. The summed E-state index contributed by atoms with van der Waals surface area (Å²) in [4.78, 5) is 11.6. The van der Waals surface area contributed by atoms with Crippen molar-refractivity contribution in [1.29, 1.82) is 0 Å². The third kappa shape index (κ3) is 7.57. The molecule has 1 atom stereocenters. The van der Waals surface area contributed by atoms with Crippen LogP contribution in [0.2, 0.25) is 0 Å². The zero-order valence-corrected chi connectivity index (χ0v) is 15.1. The van der Waals surface area contributed by atoms with Gasteiger partial charge < -0.3 is 45.7 Å². The third-order valence-corrected chi connectivity index (χ3v) is 3.41. The lowest BCUT2D eigenvalue weighted by Gasteiger charge is -2.19. The van der Waals surface area contributed by atoms with Gasteiger partial charge in [-0.1, -0.05) is 6.07 Å². The van der Waals surface area contributed by atoms with Gasteiger partial charge >= 0.3 is 0 Å². The second-order valence-corrected chi connectivity index (χ2v) is 5.43. The van der Waals surface area contributed by atoms with Gasteiger partial charge in [-0.05, 0) is 12.5 Å². The molecule has 1 aromatic carbocycles. The maximum Gasteiger partial charge on any atom is 0.239 e. The Balaban J connectivity index is 3.00. The van der Waals surface area contributed by atoms with Gasteiger partial charge in [-0.3, -0.25) is 4.79 Å². The molecule has 0 aliphatic carbocycles. The number of amides is 1. The fourth-order valence-electron chi connectivity index (χ4n) is 2.18. The van der Waals surface area contributed by atoms with Gasteiger partial charge in [-0.25, -0.2) is 0 Å². The maximum atomic E-state index is 11.6. The van der Waals surface area contributed by atoms with Gasteiger partial charge in [0, 0.05) is 12.1 Å². The summed E-state index contributed by atoms with van der Waals surface area (Å²) >= 11 is 0. The van der Waals surface area contributed by atoms with Gasteiger partial charge in [-0.15, -0.1) is 0 Å². The number of benzene rings is 1. The SMILES string of the molecule is N[C@@H](CO)C(=O)NCCc1ccc(OCCO)c(OCCO)c1OCCO. The molecule has 0 aliphatic rings. The Bertz CT molecular complexity index is 570. The Morgan fingerprint density at radius 2 is 1.56 bits per heavy atom. The van der Waals surface area contributed by atoms with Crippen LogP contribution in [0.15, 0.2) is 12.1 Å². The van der Waals surface area contributed by atoms with Crippen LogP contribution in [-0.2, 0) is 11.2 Å². The largest absolute Gasteiger partial charge is 0.487 e. The Morgan fingerprint density at radius 3 is 2.15 bits per heavy atom. The van der Waals surface area contributed by atoms with E-state index in [9.17, 15) is 4.79 Å². The molecule has 0 bridgehead atoms. The molecule has 1 aromatic rings. The van der Waals surface area contributed by atoms with Crippen LogP contribution in [0.4, 0.5) is 0 Å². The molecule has 27 heavy (non-hydrogen) atoms. The molecule has 154 valence electrons. The normalized spacial score (nSPS) is 11.7. The van der Waals surface area contributed by atoms with E-state index >= 15 is 0 Å². The van der Waals surface area contributed by atoms with Crippen LogP contribution in [0, 0.1) is 0 Å². The zero-order chi connectivity index (χ0) is 20.1. The van der Waals surface area contributed by atoms with E-state index in [-0.39, 0.29) is 51.9 Å². The number of carbonyl (C=O) groups is 1. The van der Waals surface area contributed by atoms with E-state index in [4.69, 9.17) is 40.4 Å². The molecule has 10 heteroatoms. The van der Waals surface area contributed by atoms with E-state index < -0.39 is 18.6 Å². The van der Waals surface area contributed by atoms with Crippen molar-refractivity contribution in [3.8, 4) is 17.2 Å². The van der Waals surface area contributed by atoms with Crippen molar-refractivity contribution in [2.45, 2.75) is 12.5 Å². The molecule has 0 radical (unpaired) electrons. The van der Waals surface area contributed by atoms with Crippen molar-refractivity contribution in [2.24, 2.45) is 5.73 Å². The van der Waals surface area contributed by atoms with E-state index in [0.29, 0.717) is 23.5 Å². The zero-order valence-electron chi connectivity index (χ0n) is 15.1. The Labute approximate surface area is 157 Å². The van der Waals surface area contributed by atoms with E-state index in [1.807, 2.05) is 0 Å². The molecule has 0 aromatic heterocycles. The number of nitrogens with two attached hydrogens (primary N) is 1. The Hall–Kier alpha value is -2.11. The molecule has 0 unspecified atom stereocenters. The number of aliphatic hydroxyl groups excluding tert-OH is 4. The number of hydrogen-bond donors (Lipinski definition) is 6. The molecule has 0 spiro atoms. The highest BCUT2D eigenvalue weighted by Crippen LogP contribution is 2.40. The smallest absolute Gasteiger partial charge is 0.239 e. The summed E-state index contributed by atoms with van der Waals surface area (Å²) in [5.41, 5.74) is 6.11. The van der Waals surface area contributed by atoms with E-state index in [2.05, 4.69) is 5.32 Å². The fourth-order valence-corrected chi connectivity index (χ4v) is 2.18. The lowest BCUT2D eigenvalue weighted by Crippen LogP contribution is -2.43. The van der Waals surface area contributed by atoms with Crippen molar-refractivity contribution < 1.29 is 39.4 Å². The predicted molar refractivity (Wildman–Crippen MR) is 96.0 cm³/mol. The highest BCUT2D eigenvalue weighted by atomic mass is 16.5. The summed E-state index contributed by atoms with van der Waals surface area (Å²) in [6, 6.07) is 2.35. The van der Waals surface area contributed by atoms with Crippen molar-refractivity contribution >= 4 is 5.91 Å². The molecule has 0 aliphatic heterocycles. The first-order chi connectivity index (χ1) is 13.1. The second kappa shape index (κ2) is 13.1. The Morgan fingerprint density at radius 1 is 0.963 bits per heavy atom. The highest BCUT2D eigenvalue weighted by molar-refractivity contribution is 5.81. The first kappa shape index (κ1) is 22.9. The molecular formula is C17H28N2O8. The number of carbonyl (C=O) groups excluding carboxylic acids is 1. The standard InChI is InChI=1S/C17H28N2O8/c18-13(11-23)17(24)19-4-3-12-1-2-14(25-8-5-20)16(27-10-7-22)15(12)26-9-6-21/h1-2,13,20-23H,3-11,18H2,(H,19,24)/t13-/m0/s1. The van der Waals surface area contributed by atoms with Crippen LogP contribution < -0.4 is 25.3 Å². The minimum absolute atomic E-state index is 0.00346. The van der Waals surface area contributed by atoms with Crippen LogP contribution in [0.1, 0.15) is 5.56 Å². The fraction of sp³-hybridized carbons (Fsp3) is 0.588. The Kier molecular flexibility index (Phi) is 11.1. The van der Waals surface area contributed by atoms with Gasteiger partial charge in [0.25, 0.3) is 0 Å². The molecule has 10 nitrogen and oxygen atoms in total. The quantitative estimate of drug-likeness (QED) is 0.207. The van der Waals surface area contributed by atoms with Crippen LogP contribution in [0.25, 0.3) is 0 Å². The summed E-state index contributed by atoms with van der Waals surface area (Å²) in [5.74, 6) is 0.394. The van der Waals surface area contributed by atoms with Crippen molar-refractivity contribution in [3.63, 3.8) is 0 Å². The third-order valence-electron chi connectivity index (χ3n) is 3.41. The van der Waals surface area contributed by atoms with Crippen molar-refractivity contribution in [1.82, 2.24) is 5.32 Å². The number of rotatable bonds is 14. The molecular weight excluding hydrogens is 360 g/mol. The summed E-state index contributed by atoms with van der Waals surface area (Å²) in [7, 11) is 0. The van der Waals surface area contributed by atoms with E-state index in [1.165, 1.54) is 0 Å². The van der Waals surface area contributed by atoms with Crippen molar-refractivity contribution in [2.75, 3.05) is 52.8 Å². The number of hydrogen-bond acceptors (Lipinski definition) is 9. The van der Waals surface area contributed by atoms with Crippen LogP contribution in [0.5, 0.6) is 17.2 Å².